The van der Waals surface area contributed by atoms with E-state index in [1.165, 1.54) is 0 Å². The topological polar surface area (TPSA) is 95.3 Å². The Balaban J connectivity index is 2.22. The molecule has 130 valence electrons. The number of aromatic nitrogens is 3. The third kappa shape index (κ3) is 3.08. The lowest BCUT2D eigenvalue weighted by atomic mass is 9.93. The van der Waals surface area contributed by atoms with Gasteiger partial charge >= 0.3 is 0 Å². The Morgan fingerprint density at radius 1 is 1.56 bits per heavy atom. The van der Waals surface area contributed by atoms with Crippen molar-refractivity contribution in [2.45, 2.75) is 18.8 Å². The molecule has 0 aliphatic carbocycles. The first-order valence-electron chi connectivity index (χ1n) is 8.35. The smallest absolute Gasteiger partial charge is 0.165 e. The van der Waals surface area contributed by atoms with Gasteiger partial charge in [0.1, 0.15) is 17.5 Å². The van der Waals surface area contributed by atoms with Crippen LogP contribution in [0.2, 0.25) is 0 Å². The van der Waals surface area contributed by atoms with Crippen LogP contribution in [-0.2, 0) is 0 Å². The highest BCUT2D eigenvalue weighted by Crippen LogP contribution is 2.30. The molecule has 3 heterocycles. The van der Waals surface area contributed by atoms with Gasteiger partial charge in [0.25, 0.3) is 0 Å². The summed E-state index contributed by atoms with van der Waals surface area (Å²) in [7, 11) is 3.90. The van der Waals surface area contributed by atoms with Crippen LogP contribution in [0, 0.1) is 11.3 Å². The molecular formula is C18H23N7. The number of hydrogen-bond donors (Lipinski definition) is 2. The number of anilines is 1. The van der Waals surface area contributed by atoms with E-state index >= 15 is 0 Å². The quantitative estimate of drug-likeness (QED) is 0.825. The molecule has 1 fully saturated rings. The monoisotopic (exact) mass is 337 g/mol. The van der Waals surface area contributed by atoms with Crippen LogP contribution >= 0.6 is 0 Å². The molecular weight excluding hydrogens is 314 g/mol. The molecule has 3 N–H and O–H groups in total. The van der Waals surface area contributed by atoms with Gasteiger partial charge < -0.3 is 16.0 Å². The Hall–Kier alpha value is -2.85. The van der Waals surface area contributed by atoms with E-state index in [2.05, 4.69) is 23.1 Å². The second kappa shape index (κ2) is 6.95. The van der Waals surface area contributed by atoms with Crippen LogP contribution in [0.3, 0.4) is 0 Å². The predicted octanol–water partition coefficient (Wildman–Crippen LogP) is 1.74. The SMILES string of the molecule is C=C/C(=C\N(C)C)c1cnn2c(N)c(C#N)c(C3CCCNC3)nc12. The van der Waals surface area contributed by atoms with Crippen molar-refractivity contribution in [3.8, 4) is 6.07 Å². The van der Waals surface area contributed by atoms with Crippen LogP contribution in [0.15, 0.2) is 25.1 Å². The first-order valence-corrected chi connectivity index (χ1v) is 8.35. The number of fused-ring (bicyclic) bond motifs is 1. The van der Waals surface area contributed by atoms with E-state index in [1.54, 1.807) is 16.8 Å². The number of piperidine rings is 1. The standard InChI is InChI=1S/C18H23N7/c1-4-12(11-24(2)3)15-10-22-25-17(20)14(8-19)16(23-18(15)25)13-6-5-7-21-9-13/h4,10-11,13,21H,1,5-7,9,20H2,2-3H3/b12-11+. The summed E-state index contributed by atoms with van der Waals surface area (Å²) < 4.78 is 1.54. The van der Waals surface area contributed by atoms with Gasteiger partial charge in [-0.1, -0.05) is 12.7 Å². The second-order valence-corrected chi connectivity index (χ2v) is 6.46. The minimum Gasteiger partial charge on any atom is -0.383 e. The van der Waals surface area contributed by atoms with Crippen LogP contribution in [0.5, 0.6) is 0 Å². The summed E-state index contributed by atoms with van der Waals surface area (Å²) in [6.07, 6.45) is 7.51. The summed E-state index contributed by atoms with van der Waals surface area (Å²) in [4.78, 5) is 6.76. The zero-order chi connectivity index (χ0) is 18.0. The van der Waals surface area contributed by atoms with Crippen molar-refractivity contribution >= 4 is 17.0 Å². The molecule has 0 amide bonds. The fourth-order valence-electron chi connectivity index (χ4n) is 3.24. The predicted molar refractivity (Wildman–Crippen MR) is 98.8 cm³/mol. The number of nitrogen functional groups attached to an aromatic ring is 1. The van der Waals surface area contributed by atoms with Crippen LogP contribution in [-0.4, -0.2) is 46.7 Å². The second-order valence-electron chi connectivity index (χ2n) is 6.46. The third-order valence-corrected chi connectivity index (χ3v) is 4.43. The van der Waals surface area contributed by atoms with Crippen LogP contribution < -0.4 is 11.1 Å². The van der Waals surface area contributed by atoms with E-state index in [4.69, 9.17) is 10.7 Å². The molecule has 2 aromatic heterocycles. The van der Waals surface area contributed by atoms with E-state index in [0.717, 1.165) is 42.8 Å². The lowest BCUT2D eigenvalue weighted by Crippen LogP contribution is -2.29. The molecule has 1 saturated heterocycles. The summed E-state index contributed by atoms with van der Waals surface area (Å²) in [5.41, 5.74) is 9.85. The molecule has 1 atom stereocenters. The Morgan fingerprint density at radius 3 is 2.96 bits per heavy atom. The average Bonchev–Trinajstić information content (AvgIpc) is 3.04. The maximum absolute atomic E-state index is 9.60. The van der Waals surface area contributed by atoms with Crippen molar-refractivity contribution in [2.75, 3.05) is 32.9 Å². The maximum atomic E-state index is 9.60. The Bertz CT molecular complexity index is 864. The van der Waals surface area contributed by atoms with Gasteiger partial charge in [0.15, 0.2) is 5.65 Å². The summed E-state index contributed by atoms with van der Waals surface area (Å²) in [6, 6.07) is 2.22. The Labute approximate surface area is 147 Å². The Morgan fingerprint density at radius 2 is 2.36 bits per heavy atom. The van der Waals surface area contributed by atoms with E-state index in [1.807, 2.05) is 25.2 Å². The van der Waals surface area contributed by atoms with Gasteiger partial charge in [0, 0.05) is 43.9 Å². The highest BCUT2D eigenvalue weighted by molar-refractivity contribution is 5.82. The molecule has 0 radical (unpaired) electrons. The first-order chi connectivity index (χ1) is 12.1. The minimum absolute atomic E-state index is 0.184. The third-order valence-electron chi connectivity index (χ3n) is 4.43. The largest absolute Gasteiger partial charge is 0.383 e. The lowest BCUT2D eigenvalue weighted by Gasteiger charge is -2.23. The van der Waals surface area contributed by atoms with Crippen LogP contribution in [0.1, 0.15) is 35.6 Å². The highest BCUT2D eigenvalue weighted by Gasteiger charge is 2.25. The Kier molecular flexibility index (Phi) is 4.72. The first kappa shape index (κ1) is 17.0. The van der Waals surface area contributed by atoms with Crippen molar-refractivity contribution in [1.29, 1.82) is 5.26 Å². The van der Waals surface area contributed by atoms with E-state index in [-0.39, 0.29) is 5.92 Å². The summed E-state index contributed by atoms with van der Waals surface area (Å²) in [5.74, 6) is 0.524. The summed E-state index contributed by atoms with van der Waals surface area (Å²) in [6.45, 7) is 5.70. The van der Waals surface area contributed by atoms with Gasteiger partial charge in [-0.15, -0.1) is 0 Å². The molecule has 0 bridgehead atoms. The molecule has 0 aromatic carbocycles. The van der Waals surface area contributed by atoms with Crippen molar-refractivity contribution in [1.82, 2.24) is 24.8 Å². The fourth-order valence-corrected chi connectivity index (χ4v) is 3.24. The van der Waals surface area contributed by atoms with E-state index in [9.17, 15) is 5.26 Å². The normalized spacial score (nSPS) is 18.1. The molecule has 1 aliphatic rings. The number of nitrogens with one attached hydrogen (secondary N) is 1. The van der Waals surface area contributed by atoms with Gasteiger partial charge in [0.2, 0.25) is 0 Å². The van der Waals surface area contributed by atoms with Crippen LogP contribution in [0.4, 0.5) is 5.82 Å². The van der Waals surface area contributed by atoms with Crippen molar-refractivity contribution in [3.63, 3.8) is 0 Å². The number of hydrogen-bond acceptors (Lipinski definition) is 6. The molecule has 1 aliphatic heterocycles. The van der Waals surface area contributed by atoms with Crippen molar-refractivity contribution in [2.24, 2.45) is 0 Å². The van der Waals surface area contributed by atoms with E-state index < -0.39 is 0 Å². The van der Waals surface area contributed by atoms with Gasteiger partial charge in [-0.3, -0.25) is 0 Å². The number of rotatable bonds is 4. The molecule has 0 saturated carbocycles. The van der Waals surface area contributed by atoms with Gasteiger partial charge in [-0.2, -0.15) is 14.9 Å². The van der Waals surface area contributed by atoms with Crippen molar-refractivity contribution < 1.29 is 0 Å². The maximum Gasteiger partial charge on any atom is 0.165 e. The fraction of sp³-hybridized carbons (Fsp3) is 0.389. The minimum atomic E-state index is 0.184. The summed E-state index contributed by atoms with van der Waals surface area (Å²) in [5, 5.41) is 17.3. The van der Waals surface area contributed by atoms with Crippen LogP contribution in [0.25, 0.3) is 11.2 Å². The van der Waals surface area contributed by atoms with Gasteiger partial charge in [-0.25, -0.2) is 4.98 Å². The van der Waals surface area contributed by atoms with Gasteiger partial charge in [0.05, 0.1) is 11.9 Å². The molecule has 25 heavy (non-hydrogen) atoms. The number of nitrogens with zero attached hydrogens (tertiary/aromatic N) is 5. The number of allylic oxidation sites excluding steroid dienone is 2. The van der Waals surface area contributed by atoms with Crippen molar-refractivity contribution in [3.05, 3.63) is 41.9 Å². The van der Waals surface area contributed by atoms with E-state index in [0.29, 0.717) is 17.0 Å². The molecule has 2 aromatic rings. The summed E-state index contributed by atoms with van der Waals surface area (Å²) >= 11 is 0. The molecule has 7 nitrogen and oxygen atoms in total. The molecule has 0 spiro atoms. The number of nitrogens with two attached hydrogens (primary N) is 1. The highest BCUT2D eigenvalue weighted by atomic mass is 15.3. The average molecular weight is 337 g/mol. The molecule has 3 rings (SSSR count). The molecule has 1 unspecified atom stereocenters. The molecule has 7 heteroatoms. The number of nitriles is 1. The lowest BCUT2D eigenvalue weighted by molar-refractivity contribution is 0.454. The van der Waals surface area contributed by atoms with Gasteiger partial charge in [-0.05, 0) is 19.4 Å². The zero-order valence-electron chi connectivity index (χ0n) is 14.7. The zero-order valence-corrected chi connectivity index (χ0v) is 14.7.